The van der Waals surface area contributed by atoms with Crippen LogP contribution in [-0.4, -0.2) is 0 Å². The minimum Gasteiger partial charge on any atom is -0.398 e. The standard InChI is InChI=1S/C17H22N2/c1-10-5-7-14(12(3)16(10)18)9-15-8-6-11(2)17(19)13(15)4/h5-8H,9,18-19H2,1-4H3. The smallest absolute Gasteiger partial charge is 0.0376 e. The zero-order valence-electron chi connectivity index (χ0n) is 12.2. The first-order valence-corrected chi connectivity index (χ1v) is 6.61. The van der Waals surface area contributed by atoms with Gasteiger partial charge in [-0.25, -0.2) is 0 Å². The average molecular weight is 254 g/mol. The van der Waals surface area contributed by atoms with Gasteiger partial charge in [-0.15, -0.1) is 0 Å². The summed E-state index contributed by atoms with van der Waals surface area (Å²) in [5.74, 6) is 0. The second-order valence-corrected chi connectivity index (χ2v) is 5.34. The molecule has 2 nitrogen and oxygen atoms in total. The summed E-state index contributed by atoms with van der Waals surface area (Å²) in [6.45, 7) is 8.26. The maximum absolute atomic E-state index is 6.10. The van der Waals surface area contributed by atoms with Crippen LogP contribution in [0.5, 0.6) is 0 Å². The third-order valence-corrected chi connectivity index (χ3v) is 4.07. The molecule has 4 N–H and O–H groups in total. The minimum absolute atomic E-state index is 0.882. The Morgan fingerprint density at radius 3 is 1.42 bits per heavy atom. The first-order chi connectivity index (χ1) is 8.91. The van der Waals surface area contributed by atoms with Crippen molar-refractivity contribution in [2.24, 2.45) is 0 Å². The van der Waals surface area contributed by atoms with Gasteiger partial charge in [0.15, 0.2) is 0 Å². The summed E-state index contributed by atoms with van der Waals surface area (Å²) in [5, 5.41) is 0. The molecule has 2 heteroatoms. The molecule has 2 aromatic rings. The van der Waals surface area contributed by atoms with Crippen molar-refractivity contribution in [3.05, 3.63) is 57.6 Å². The zero-order chi connectivity index (χ0) is 14.2. The lowest BCUT2D eigenvalue weighted by Crippen LogP contribution is -2.02. The Morgan fingerprint density at radius 1 is 0.684 bits per heavy atom. The Balaban J connectivity index is 2.43. The summed E-state index contributed by atoms with van der Waals surface area (Å²) in [6, 6.07) is 8.50. The molecule has 0 radical (unpaired) electrons. The van der Waals surface area contributed by atoms with Gasteiger partial charge < -0.3 is 11.5 Å². The molecular formula is C17H22N2. The fourth-order valence-electron chi connectivity index (χ4n) is 2.41. The second kappa shape index (κ2) is 4.96. The van der Waals surface area contributed by atoms with Crippen molar-refractivity contribution in [3.63, 3.8) is 0 Å². The molecule has 100 valence electrons. The summed E-state index contributed by atoms with van der Waals surface area (Å²) in [5.41, 5.74) is 21.2. The first-order valence-electron chi connectivity index (χ1n) is 6.61. The molecule has 0 aliphatic heterocycles. The van der Waals surface area contributed by atoms with E-state index in [9.17, 15) is 0 Å². The lowest BCUT2D eigenvalue weighted by Gasteiger charge is -2.14. The molecule has 19 heavy (non-hydrogen) atoms. The summed E-state index contributed by atoms with van der Waals surface area (Å²) in [6.07, 6.45) is 0.882. The molecule has 0 fully saturated rings. The zero-order valence-corrected chi connectivity index (χ0v) is 12.2. The highest BCUT2D eigenvalue weighted by atomic mass is 14.6. The number of nitrogens with two attached hydrogens (primary N) is 2. The van der Waals surface area contributed by atoms with E-state index in [4.69, 9.17) is 11.5 Å². The van der Waals surface area contributed by atoms with Gasteiger partial charge in [0.05, 0.1) is 0 Å². The summed E-state index contributed by atoms with van der Waals surface area (Å²) in [7, 11) is 0. The number of anilines is 2. The van der Waals surface area contributed by atoms with Crippen molar-refractivity contribution in [2.75, 3.05) is 11.5 Å². The monoisotopic (exact) mass is 254 g/mol. The van der Waals surface area contributed by atoms with Crippen molar-refractivity contribution in [2.45, 2.75) is 34.1 Å². The van der Waals surface area contributed by atoms with Crippen LogP contribution in [-0.2, 0) is 6.42 Å². The van der Waals surface area contributed by atoms with Gasteiger partial charge >= 0.3 is 0 Å². The maximum Gasteiger partial charge on any atom is 0.0376 e. The first kappa shape index (κ1) is 13.5. The molecule has 0 heterocycles. The van der Waals surface area contributed by atoms with Crippen molar-refractivity contribution < 1.29 is 0 Å². The number of rotatable bonds is 2. The van der Waals surface area contributed by atoms with Crippen LogP contribution < -0.4 is 11.5 Å². The molecule has 0 amide bonds. The van der Waals surface area contributed by atoms with E-state index in [1.165, 1.54) is 22.3 Å². The summed E-state index contributed by atoms with van der Waals surface area (Å²) >= 11 is 0. The van der Waals surface area contributed by atoms with E-state index in [-0.39, 0.29) is 0 Å². The van der Waals surface area contributed by atoms with Crippen molar-refractivity contribution in [1.82, 2.24) is 0 Å². The van der Waals surface area contributed by atoms with Crippen molar-refractivity contribution in [3.8, 4) is 0 Å². The normalized spacial score (nSPS) is 10.7. The van der Waals surface area contributed by atoms with Crippen LogP contribution in [0.3, 0.4) is 0 Å². The van der Waals surface area contributed by atoms with Crippen LogP contribution in [0.1, 0.15) is 33.4 Å². The molecule has 0 spiro atoms. The highest BCUT2D eigenvalue weighted by molar-refractivity contribution is 5.59. The van der Waals surface area contributed by atoms with E-state index in [0.717, 1.165) is 28.9 Å². The van der Waals surface area contributed by atoms with E-state index >= 15 is 0 Å². The number of aryl methyl sites for hydroxylation is 2. The van der Waals surface area contributed by atoms with Crippen molar-refractivity contribution in [1.29, 1.82) is 0 Å². The molecule has 0 aliphatic rings. The second-order valence-electron chi connectivity index (χ2n) is 5.34. The van der Waals surface area contributed by atoms with Gasteiger partial charge in [0, 0.05) is 11.4 Å². The molecule has 0 aliphatic carbocycles. The van der Waals surface area contributed by atoms with Crippen LogP contribution in [0.15, 0.2) is 24.3 Å². The SMILES string of the molecule is Cc1ccc(Cc2ccc(C)c(N)c2C)c(C)c1N. The molecule has 0 saturated heterocycles. The van der Waals surface area contributed by atoms with Gasteiger partial charge in [0.1, 0.15) is 0 Å². The fourth-order valence-corrected chi connectivity index (χ4v) is 2.41. The Labute approximate surface area is 115 Å². The molecule has 2 aromatic carbocycles. The Kier molecular flexibility index (Phi) is 3.52. The molecule has 0 aromatic heterocycles. The van der Waals surface area contributed by atoms with E-state index < -0.39 is 0 Å². The summed E-state index contributed by atoms with van der Waals surface area (Å²) in [4.78, 5) is 0. The number of hydrogen-bond donors (Lipinski definition) is 2. The van der Waals surface area contributed by atoms with Crippen LogP contribution >= 0.6 is 0 Å². The Hall–Kier alpha value is -1.96. The van der Waals surface area contributed by atoms with Crippen molar-refractivity contribution >= 4 is 11.4 Å². The third-order valence-electron chi connectivity index (χ3n) is 4.07. The molecule has 0 saturated carbocycles. The number of nitrogen functional groups attached to an aromatic ring is 2. The van der Waals surface area contributed by atoms with Gasteiger partial charge in [-0.3, -0.25) is 0 Å². The highest BCUT2D eigenvalue weighted by Crippen LogP contribution is 2.26. The van der Waals surface area contributed by atoms with Gasteiger partial charge in [-0.1, -0.05) is 24.3 Å². The van der Waals surface area contributed by atoms with Crippen LogP contribution in [0.4, 0.5) is 11.4 Å². The summed E-state index contributed by atoms with van der Waals surface area (Å²) < 4.78 is 0. The van der Waals surface area contributed by atoms with Gasteiger partial charge in [-0.05, 0) is 67.5 Å². The van der Waals surface area contributed by atoms with Gasteiger partial charge in [-0.2, -0.15) is 0 Å². The molecule has 2 rings (SSSR count). The van der Waals surface area contributed by atoms with E-state index in [2.05, 4.69) is 38.1 Å². The predicted molar refractivity (Wildman–Crippen MR) is 83.5 cm³/mol. The third kappa shape index (κ3) is 2.43. The van der Waals surface area contributed by atoms with E-state index in [1.54, 1.807) is 0 Å². The van der Waals surface area contributed by atoms with Crippen LogP contribution in [0, 0.1) is 27.7 Å². The lowest BCUT2D eigenvalue weighted by molar-refractivity contribution is 1.12. The van der Waals surface area contributed by atoms with E-state index in [0.29, 0.717) is 0 Å². The van der Waals surface area contributed by atoms with Gasteiger partial charge in [0.2, 0.25) is 0 Å². The van der Waals surface area contributed by atoms with Gasteiger partial charge in [0.25, 0.3) is 0 Å². The predicted octanol–water partition coefficient (Wildman–Crippen LogP) is 3.68. The largest absolute Gasteiger partial charge is 0.398 e. The van der Waals surface area contributed by atoms with Crippen LogP contribution in [0.2, 0.25) is 0 Å². The van der Waals surface area contributed by atoms with Crippen LogP contribution in [0.25, 0.3) is 0 Å². The molecule has 0 atom stereocenters. The minimum atomic E-state index is 0.882. The quantitative estimate of drug-likeness (QED) is 0.803. The number of benzene rings is 2. The topological polar surface area (TPSA) is 52.0 Å². The lowest BCUT2D eigenvalue weighted by atomic mass is 9.93. The average Bonchev–Trinajstić information content (AvgIpc) is 2.39. The molecule has 0 unspecified atom stereocenters. The van der Waals surface area contributed by atoms with E-state index in [1.807, 2.05) is 13.8 Å². The fraction of sp³-hybridized carbons (Fsp3) is 0.294. The maximum atomic E-state index is 6.10. The Morgan fingerprint density at radius 2 is 1.05 bits per heavy atom. The highest BCUT2D eigenvalue weighted by Gasteiger charge is 2.09. The molecular weight excluding hydrogens is 232 g/mol. The number of hydrogen-bond acceptors (Lipinski definition) is 2. The Bertz CT molecular complexity index is 572. The molecule has 0 bridgehead atoms.